The first-order chi connectivity index (χ1) is 14.1. The number of anilines is 1. The molecule has 4 aromatic rings. The van der Waals surface area contributed by atoms with Gasteiger partial charge in [0.25, 0.3) is 5.91 Å². The maximum Gasteiger partial charge on any atom is 0.276 e. The highest BCUT2D eigenvalue weighted by atomic mass is 79.9. The molecule has 2 heterocycles. The van der Waals surface area contributed by atoms with Gasteiger partial charge >= 0.3 is 0 Å². The van der Waals surface area contributed by atoms with Gasteiger partial charge in [0.05, 0.1) is 19.9 Å². The molecule has 0 aliphatic heterocycles. The van der Waals surface area contributed by atoms with E-state index in [4.69, 9.17) is 9.47 Å². The van der Waals surface area contributed by atoms with Crippen LogP contribution in [0, 0.1) is 0 Å². The van der Waals surface area contributed by atoms with Crippen molar-refractivity contribution in [1.29, 1.82) is 0 Å². The number of aromatic nitrogens is 3. The number of ether oxygens (including phenoxy) is 2. The molecule has 0 saturated heterocycles. The molecule has 146 valence electrons. The zero-order chi connectivity index (χ0) is 20.4. The van der Waals surface area contributed by atoms with E-state index in [-0.39, 0.29) is 11.6 Å². The summed E-state index contributed by atoms with van der Waals surface area (Å²) in [6.45, 7) is 0. The SMILES string of the molecule is COc1ccc(-c2ccnc3cc(C(=O)Nc4ccc(Br)cc4)nn23)cc1OC. The fourth-order valence-electron chi connectivity index (χ4n) is 2.95. The molecule has 8 heteroatoms. The molecule has 0 radical (unpaired) electrons. The van der Waals surface area contributed by atoms with Crippen molar-refractivity contribution in [1.82, 2.24) is 14.6 Å². The minimum atomic E-state index is -0.309. The van der Waals surface area contributed by atoms with Crippen LogP contribution in [0.3, 0.4) is 0 Å². The highest BCUT2D eigenvalue weighted by Crippen LogP contribution is 2.32. The molecule has 4 rings (SSSR count). The zero-order valence-corrected chi connectivity index (χ0v) is 17.3. The Bertz CT molecular complexity index is 1190. The summed E-state index contributed by atoms with van der Waals surface area (Å²) in [7, 11) is 3.17. The number of methoxy groups -OCH3 is 2. The number of nitrogens with zero attached hydrogens (tertiary/aromatic N) is 3. The lowest BCUT2D eigenvalue weighted by Gasteiger charge is -2.10. The molecular weight excluding hydrogens is 436 g/mol. The number of benzene rings is 2. The quantitative estimate of drug-likeness (QED) is 0.484. The molecule has 0 saturated carbocycles. The van der Waals surface area contributed by atoms with E-state index in [0.29, 0.717) is 22.8 Å². The fourth-order valence-corrected chi connectivity index (χ4v) is 3.21. The molecule has 0 fully saturated rings. The summed E-state index contributed by atoms with van der Waals surface area (Å²) in [5, 5.41) is 7.30. The molecule has 0 aliphatic carbocycles. The van der Waals surface area contributed by atoms with Crippen LogP contribution in [0.15, 0.2) is 65.3 Å². The molecule has 0 spiro atoms. The Labute approximate surface area is 175 Å². The predicted molar refractivity (Wildman–Crippen MR) is 114 cm³/mol. The Morgan fingerprint density at radius 1 is 1.00 bits per heavy atom. The van der Waals surface area contributed by atoms with Crippen LogP contribution in [0.4, 0.5) is 5.69 Å². The van der Waals surface area contributed by atoms with Gasteiger partial charge in [-0.25, -0.2) is 9.50 Å². The van der Waals surface area contributed by atoms with E-state index in [1.807, 2.05) is 48.5 Å². The summed E-state index contributed by atoms with van der Waals surface area (Å²) >= 11 is 3.38. The highest BCUT2D eigenvalue weighted by Gasteiger charge is 2.15. The van der Waals surface area contributed by atoms with Crippen LogP contribution in [-0.2, 0) is 0 Å². The van der Waals surface area contributed by atoms with Crippen LogP contribution in [0.25, 0.3) is 16.9 Å². The van der Waals surface area contributed by atoms with Gasteiger partial charge in [0.15, 0.2) is 22.8 Å². The van der Waals surface area contributed by atoms with Crippen molar-refractivity contribution in [2.45, 2.75) is 0 Å². The van der Waals surface area contributed by atoms with Crippen molar-refractivity contribution >= 4 is 33.2 Å². The van der Waals surface area contributed by atoms with Gasteiger partial charge in [0, 0.05) is 28.0 Å². The molecule has 29 heavy (non-hydrogen) atoms. The molecule has 2 aromatic heterocycles. The largest absolute Gasteiger partial charge is 0.493 e. The Hall–Kier alpha value is -3.39. The standard InChI is InChI=1S/C21H17BrN4O3/c1-28-18-8-3-13(11-19(18)29-2)17-9-10-23-20-12-16(25-26(17)20)21(27)24-15-6-4-14(22)5-7-15/h3-12H,1-2H3,(H,24,27). The number of halogens is 1. The zero-order valence-electron chi connectivity index (χ0n) is 15.7. The number of nitrogens with one attached hydrogen (secondary N) is 1. The van der Waals surface area contributed by atoms with Crippen molar-refractivity contribution in [3.8, 4) is 22.8 Å². The second-order valence-corrected chi connectivity index (χ2v) is 7.08. The van der Waals surface area contributed by atoms with Crippen molar-refractivity contribution in [2.75, 3.05) is 19.5 Å². The maximum absolute atomic E-state index is 12.6. The summed E-state index contributed by atoms with van der Waals surface area (Å²) < 4.78 is 13.3. The molecule has 0 atom stereocenters. The molecule has 2 aromatic carbocycles. The number of carbonyl (C=O) groups excluding carboxylic acids is 1. The molecule has 0 aliphatic rings. The lowest BCUT2D eigenvalue weighted by Crippen LogP contribution is -2.12. The minimum absolute atomic E-state index is 0.272. The second kappa shape index (κ2) is 7.92. The van der Waals surface area contributed by atoms with Crippen molar-refractivity contribution in [3.63, 3.8) is 0 Å². The monoisotopic (exact) mass is 452 g/mol. The maximum atomic E-state index is 12.6. The van der Waals surface area contributed by atoms with Crippen molar-refractivity contribution in [2.24, 2.45) is 0 Å². The van der Waals surface area contributed by atoms with Crippen LogP contribution in [0.2, 0.25) is 0 Å². The van der Waals surface area contributed by atoms with E-state index in [1.165, 1.54) is 0 Å². The van der Waals surface area contributed by atoms with E-state index in [0.717, 1.165) is 15.7 Å². The van der Waals surface area contributed by atoms with Crippen molar-refractivity contribution < 1.29 is 14.3 Å². The van der Waals surface area contributed by atoms with E-state index in [2.05, 4.69) is 31.3 Å². The molecule has 0 bridgehead atoms. The van der Waals surface area contributed by atoms with Crippen LogP contribution >= 0.6 is 15.9 Å². The van der Waals surface area contributed by atoms with E-state index < -0.39 is 0 Å². The molecule has 7 nitrogen and oxygen atoms in total. The van der Waals surface area contributed by atoms with Crippen molar-refractivity contribution in [3.05, 3.63) is 71.0 Å². The van der Waals surface area contributed by atoms with Crippen LogP contribution in [0.5, 0.6) is 11.5 Å². The van der Waals surface area contributed by atoms with Crippen LogP contribution in [-0.4, -0.2) is 34.7 Å². The number of hydrogen-bond donors (Lipinski definition) is 1. The predicted octanol–water partition coefficient (Wildman–Crippen LogP) is 4.43. The Morgan fingerprint density at radius 3 is 2.48 bits per heavy atom. The smallest absolute Gasteiger partial charge is 0.276 e. The van der Waals surface area contributed by atoms with E-state index in [1.54, 1.807) is 31.0 Å². The third-order valence-electron chi connectivity index (χ3n) is 4.37. The lowest BCUT2D eigenvalue weighted by atomic mass is 10.1. The van der Waals surface area contributed by atoms with Gasteiger partial charge in [0.1, 0.15) is 0 Å². The number of rotatable bonds is 5. The highest BCUT2D eigenvalue weighted by molar-refractivity contribution is 9.10. The van der Waals surface area contributed by atoms with Crippen LogP contribution in [0.1, 0.15) is 10.5 Å². The fraction of sp³-hybridized carbons (Fsp3) is 0.0952. The molecule has 1 amide bonds. The Morgan fingerprint density at radius 2 is 1.76 bits per heavy atom. The first kappa shape index (κ1) is 18.9. The van der Waals surface area contributed by atoms with E-state index in [9.17, 15) is 4.79 Å². The summed E-state index contributed by atoms with van der Waals surface area (Å²) in [5.41, 5.74) is 3.16. The number of amides is 1. The summed E-state index contributed by atoms with van der Waals surface area (Å²) in [6, 6.07) is 16.4. The van der Waals surface area contributed by atoms with Gasteiger partial charge in [-0.05, 0) is 48.5 Å². The van der Waals surface area contributed by atoms with E-state index >= 15 is 0 Å². The van der Waals surface area contributed by atoms with Gasteiger partial charge in [-0.3, -0.25) is 4.79 Å². The Balaban J connectivity index is 1.70. The summed E-state index contributed by atoms with van der Waals surface area (Å²) in [6.07, 6.45) is 1.68. The van der Waals surface area contributed by atoms with Gasteiger partial charge in [-0.2, -0.15) is 5.10 Å². The molecule has 0 unspecified atom stereocenters. The third kappa shape index (κ3) is 3.79. The first-order valence-electron chi connectivity index (χ1n) is 8.73. The molecule has 1 N–H and O–H groups in total. The minimum Gasteiger partial charge on any atom is -0.493 e. The lowest BCUT2D eigenvalue weighted by molar-refractivity contribution is 0.102. The van der Waals surface area contributed by atoms with Gasteiger partial charge < -0.3 is 14.8 Å². The van der Waals surface area contributed by atoms with Gasteiger partial charge in [-0.15, -0.1) is 0 Å². The topological polar surface area (TPSA) is 77.8 Å². The van der Waals surface area contributed by atoms with Gasteiger partial charge in [0.2, 0.25) is 0 Å². The average Bonchev–Trinajstić information content (AvgIpc) is 3.19. The molecular formula is C21H17BrN4O3. The first-order valence-corrected chi connectivity index (χ1v) is 9.52. The second-order valence-electron chi connectivity index (χ2n) is 6.16. The normalized spacial score (nSPS) is 10.7. The average molecular weight is 453 g/mol. The number of fused-ring (bicyclic) bond motifs is 1. The number of carbonyl (C=O) groups is 1. The summed E-state index contributed by atoms with van der Waals surface area (Å²) in [5.74, 6) is 0.933. The Kier molecular flexibility index (Phi) is 5.18. The van der Waals surface area contributed by atoms with Crippen LogP contribution < -0.4 is 14.8 Å². The van der Waals surface area contributed by atoms with Gasteiger partial charge in [-0.1, -0.05) is 15.9 Å². The number of hydrogen-bond acceptors (Lipinski definition) is 5. The third-order valence-corrected chi connectivity index (χ3v) is 4.90. The summed E-state index contributed by atoms with van der Waals surface area (Å²) in [4.78, 5) is 17.0.